The number of hydrogen-bond donors (Lipinski definition) is 2. The Hall–Kier alpha value is -2.87. The van der Waals surface area contributed by atoms with Crippen LogP contribution >= 0.6 is 0 Å². The lowest BCUT2D eigenvalue weighted by atomic mass is 9.55. The van der Waals surface area contributed by atoms with Gasteiger partial charge in [0.1, 0.15) is 23.2 Å². The normalized spacial score (nSPS) is 33.1. The Balaban J connectivity index is 1.55. The maximum atomic E-state index is 13.6. The van der Waals surface area contributed by atoms with Crippen LogP contribution in [0.4, 0.5) is 0 Å². The Labute approximate surface area is 197 Å². The Kier molecular flexibility index (Phi) is 5.67. The highest BCUT2D eigenvalue weighted by atomic mass is 16.5. The number of rotatable bonds is 3. The number of ketones is 5. The summed E-state index contributed by atoms with van der Waals surface area (Å²) in [7, 11) is 1.54. The largest absolute Gasteiger partial charge is 0.507 e. The Morgan fingerprint density at radius 2 is 1.79 bits per heavy atom. The molecule has 180 valence electrons. The first-order valence-electron chi connectivity index (χ1n) is 12.1. The summed E-state index contributed by atoms with van der Waals surface area (Å²) in [6, 6.07) is 1.56. The van der Waals surface area contributed by atoms with Crippen molar-refractivity contribution in [1.82, 2.24) is 5.32 Å². The van der Waals surface area contributed by atoms with Crippen LogP contribution in [0.15, 0.2) is 6.07 Å². The first-order valence-corrected chi connectivity index (χ1v) is 12.1. The lowest BCUT2D eigenvalue weighted by Gasteiger charge is -2.44. The van der Waals surface area contributed by atoms with Crippen LogP contribution < -0.4 is 10.1 Å². The Bertz CT molecular complexity index is 1120. The van der Waals surface area contributed by atoms with Gasteiger partial charge in [0.15, 0.2) is 23.1 Å². The fraction of sp³-hybridized carbons (Fsp3) is 0.577. The number of piperidine rings is 1. The summed E-state index contributed by atoms with van der Waals surface area (Å²) in [5, 5.41) is 14.3. The zero-order valence-corrected chi connectivity index (χ0v) is 19.4. The van der Waals surface area contributed by atoms with Crippen LogP contribution in [0.5, 0.6) is 11.5 Å². The Morgan fingerprint density at radius 1 is 1.06 bits per heavy atom. The van der Waals surface area contributed by atoms with Crippen molar-refractivity contribution < 1.29 is 33.8 Å². The highest BCUT2D eigenvalue weighted by molar-refractivity contribution is 6.27. The van der Waals surface area contributed by atoms with Crippen LogP contribution in [-0.2, 0) is 25.6 Å². The molecule has 0 aromatic heterocycles. The molecule has 1 aromatic rings. The maximum absolute atomic E-state index is 13.6. The number of methoxy groups -OCH3 is 1. The molecule has 1 saturated heterocycles. The first kappa shape index (κ1) is 22.9. The lowest BCUT2D eigenvalue weighted by molar-refractivity contribution is -0.152. The van der Waals surface area contributed by atoms with Gasteiger partial charge in [0.2, 0.25) is 0 Å². The monoisotopic (exact) mass is 467 g/mol. The van der Waals surface area contributed by atoms with Gasteiger partial charge in [-0.05, 0) is 57.1 Å². The average molecular weight is 468 g/mol. The summed E-state index contributed by atoms with van der Waals surface area (Å²) in [6.07, 6.45) is 3.71. The molecule has 1 aromatic carbocycles. The first-order chi connectivity index (χ1) is 16.2. The molecular formula is C26H29NO7. The van der Waals surface area contributed by atoms with E-state index in [2.05, 4.69) is 5.32 Å². The number of phenolic OH excluding ortho intramolecular Hbond substituents is 1. The van der Waals surface area contributed by atoms with Crippen LogP contribution in [0.25, 0.3) is 0 Å². The van der Waals surface area contributed by atoms with E-state index in [0.29, 0.717) is 24.2 Å². The molecule has 8 nitrogen and oxygen atoms in total. The highest BCUT2D eigenvalue weighted by Gasteiger charge is 2.57. The molecule has 4 aliphatic rings. The predicted molar refractivity (Wildman–Crippen MR) is 120 cm³/mol. The molecule has 2 saturated carbocycles. The maximum Gasteiger partial charge on any atom is 0.177 e. The molecule has 1 heterocycles. The molecule has 5 rings (SSSR count). The van der Waals surface area contributed by atoms with E-state index in [9.17, 15) is 29.1 Å². The molecule has 3 aliphatic carbocycles. The van der Waals surface area contributed by atoms with Crippen molar-refractivity contribution in [3.05, 3.63) is 22.8 Å². The van der Waals surface area contributed by atoms with Crippen molar-refractivity contribution in [3.8, 4) is 11.5 Å². The van der Waals surface area contributed by atoms with Gasteiger partial charge < -0.3 is 15.2 Å². The van der Waals surface area contributed by atoms with E-state index >= 15 is 0 Å². The Morgan fingerprint density at radius 3 is 2.44 bits per heavy atom. The second kappa shape index (κ2) is 8.41. The fourth-order valence-corrected chi connectivity index (χ4v) is 6.81. The molecule has 0 radical (unpaired) electrons. The van der Waals surface area contributed by atoms with Crippen LogP contribution in [-0.4, -0.2) is 47.7 Å². The molecule has 6 atom stereocenters. The number of carbonyl (C=O) groups is 5. The minimum Gasteiger partial charge on any atom is -0.507 e. The number of carbonyl (C=O) groups excluding carboxylic acids is 5. The van der Waals surface area contributed by atoms with Gasteiger partial charge in [0, 0.05) is 23.6 Å². The van der Waals surface area contributed by atoms with Gasteiger partial charge in [0.25, 0.3) is 0 Å². The number of nitrogens with one attached hydrogen (secondary N) is 1. The van der Waals surface area contributed by atoms with Gasteiger partial charge in [-0.15, -0.1) is 0 Å². The summed E-state index contributed by atoms with van der Waals surface area (Å²) in [4.78, 5) is 64.5. The lowest BCUT2D eigenvalue weighted by Crippen LogP contribution is -2.55. The molecule has 1 aliphatic heterocycles. The highest BCUT2D eigenvalue weighted by Crippen LogP contribution is 2.51. The third kappa shape index (κ3) is 3.34. The van der Waals surface area contributed by atoms with Gasteiger partial charge >= 0.3 is 0 Å². The second-order valence-electron chi connectivity index (χ2n) is 10.2. The molecule has 0 amide bonds. The SMILES string of the molecule is COc1c(C2CCCCN2)cc(O)c2c1CC1CC3CC(=O)C(C(C)=O)C(=O)C3C(=O)C1C2=O. The van der Waals surface area contributed by atoms with Crippen LogP contribution in [0.3, 0.4) is 0 Å². The van der Waals surface area contributed by atoms with E-state index in [4.69, 9.17) is 4.74 Å². The van der Waals surface area contributed by atoms with Gasteiger partial charge in [-0.3, -0.25) is 24.0 Å². The number of fused-ring (bicyclic) bond motifs is 3. The van der Waals surface area contributed by atoms with E-state index in [-0.39, 0.29) is 29.7 Å². The smallest absolute Gasteiger partial charge is 0.177 e. The minimum absolute atomic E-state index is 0.00203. The van der Waals surface area contributed by atoms with Crippen molar-refractivity contribution in [3.63, 3.8) is 0 Å². The van der Waals surface area contributed by atoms with Crippen molar-refractivity contribution >= 4 is 28.9 Å². The fourth-order valence-electron chi connectivity index (χ4n) is 6.81. The van der Waals surface area contributed by atoms with E-state index in [1.165, 1.54) is 14.0 Å². The molecule has 3 fully saturated rings. The number of aromatic hydroxyl groups is 1. The van der Waals surface area contributed by atoms with Crippen molar-refractivity contribution in [2.75, 3.05) is 13.7 Å². The van der Waals surface area contributed by atoms with Crippen molar-refractivity contribution in [2.24, 2.45) is 29.6 Å². The average Bonchev–Trinajstić information content (AvgIpc) is 2.78. The van der Waals surface area contributed by atoms with Crippen molar-refractivity contribution in [1.29, 1.82) is 0 Å². The molecule has 8 heteroatoms. The number of hydrogen-bond acceptors (Lipinski definition) is 8. The minimum atomic E-state index is -1.41. The standard InChI is InChI=1S/C26H29NO7/c1-11(28)19-17(29)9-13-7-12-8-15-22(25(33)20(12)24(32)21(13)23(19)31)18(30)10-14(26(15)34-2)16-5-3-4-6-27-16/h10,12-13,16,19-21,27,30H,3-9H2,1-2H3. The predicted octanol–water partition coefficient (Wildman–Crippen LogP) is 2.14. The summed E-state index contributed by atoms with van der Waals surface area (Å²) >= 11 is 0. The van der Waals surface area contributed by atoms with E-state index < -0.39 is 52.6 Å². The molecule has 6 unspecified atom stereocenters. The van der Waals surface area contributed by atoms with Crippen molar-refractivity contribution in [2.45, 2.75) is 51.5 Å². The third-order valence-electron chi connectivity index (χ3n) is 8.22. The van der Waals surface area contributed by atoms with E-state index in [1.807, 2.05) is 0 Å². The number of Topliss-reactive ketones (excluding diaryl/α,β-unsaturated/α-hetero) is 5. The summed E-state index contributed by atoms with van der Waals surface area (Å²) < 4.78 is 5.75. The van der Waals surface area contributed by atoms with Crippen LogP contribution in [0, 0.1) is 29.6 Å². The van der Waals surface area contributed by atoms with Crippen LogP contribution in [0.2, 0.25) is 0 Å². The van der Waals surface area contributed by atoms with E-state index in [0.717, 1.165) is 31.4 Å². The quantitative estimate of drug-likeness (QED) is 0.648. The zero-order chi connectivity index (χ0) is 24.3. The third-order valence-corrected chi connectivity index (χ3v) is 8.22. The second-order valence-corrected chi connectivity index (χ2v) is 10.2. The number of benzene rings is 1. The van der Waals surface area contributed by atoms with Gasteiger partial charge in [-0.2, -0.15) is 0 Å². The molecule has 34 heavy (non-hydrogen) atoms. The topological polar surface area (TPSA) is 127 Å². The summed E-state index contributed by atoms with van der Waals surface area (Å²) in [5.41, 5.74) is 1.49. The molecule has 0 bridgehead atoms. The molecule has 0 spiro atoms. The van der Waals surface area contributed by atoms with Gasteiger partial charge in [0.05, 0.1) is 24.5 Å². The number of ether oxygens (including phenoxy) is 1. The summed E-state index contributed by atoms with van der Waals surface area (Å²) in [6.45, 7) is 2.04. The molecule has 2 N–H and O–H groups in total. The van der Waals surface area contributed by atoms with Gasteiger partial charge in [-0.25, -0.2) is 0 Å². The summed E-state index contributed by atoms with van der Waals surface area (Å²) in [5.74, 6) is -6.78. The number of phenols is 1. The van der Waals surface area contributed by atoms with Crippen LogP contribution in [0.1, 0.15) is 66.6 Å². The zero-order valence-electron chi connectivity index (χ0n) is 19.4. The van der Waals surface area contributed by atoms with E-state index in [1.54, 1.807) is 6.07 Å². The molecular weight excluding hydrogens is 438 g/mol. The van der Waals surface area contributed by atoms with Gasteiger partial charge in [-0.1, -0.05) is 6.42 Å².